The largest absolute Gasteiger partial charge is 0.472 e. The fourth-order valence-corrected chi connectivity index (χ4v) is 6.53. The van der Waals surface area contributed by atoms with Crippen molar-refractivity contribution in [1.82, 2.24) is 0 Å². The summed E-state index contributed by atoms with van der Waals surface area (Å²) in [7, 11) is 1.38. The van der Waals surface area contributed by atoms with Crippen LogP contribution in [0, 0.1) is 28.6 Å². The molecule has 28 heavy (non-hydrogen) atoms. The molecule has 3 aliphatic rings. The molecule has 7 heteroatoms. The lowest BCUT2D eigenvalue weighted by molar-refractivity contribution is -0.202. The first-order valence-corrected chi connectivity index (χ1v) is 10.3. The van der Waals surface area contributed by atoms with Gasteiger partial charge < -0.3 is 13.9 Å². The van der Waals surface area contributed by atoms with Gasteiger partial charge in [-0.25, -0.2) is 0 Å². The summed E-state index contributed by atoms with van der Waals surface area (Å²) in [6.07, 6.45) is 4.76. The molecule has 2 saturated carbocycles. The number of furan rings is 1. The number of fused-ring (bicyclic) bond motifs is 3. The van der Waals surface area contributed by atoms with E-state index in [9.17, 15) is 14.4 Å². The maximum absolute atomic E-state index is 13.4. The number of hydrogen-bond donors (Lipinski definition) is 1. The highest BCUT2D eigenvalue weighted by Crippen LogP contribution is 2.65. The summed E-state index contributed by atoms with van der Waals surface area (Å²) in [5.41, 5.74) is -0.391. The van der Waals surface area contributed by atoms with Crippen molar-refractivity contribution < 1.29 is 28.3 Å². The van der Waals surface area contributed by atoms with Crippen LogP contribution in [0.4, 0.5) is 0 Å². The molecule has 2 heterocycles. The van der Waals surface area contributed by atoms with E-state index >= 15 is 0 Å². The van der Waals surface area contributed by atoms with Gasteiger partial charge in [-0.15, -0.1) is 0 Å². The van der Waals surface area contributed by atoms with Gasteiger partial charge in [-0.05, 0) is 42.6 Å². The lowest BCUT2D eigenvalue weighted by Gasteiger charge is -2.61. The average Bonchev–Trinajstić information content (AvgIpc) is 3.18. The number of carbonyl (C=O) groups excluding carboxylic acids is 3. The fraction of sp³-hybridized carbons (Fsp3) is 0.667. The van der Waals surface area contributed by atoms with Crippen molar-refractivity contribution >= 4 is 30.4 Å². The van der Waals surface area contributed by atoms with Crippen molar-refractivity contribution in [3.63, 3.8) is 0 Å². The molecule has 1 saturated heterocycles. The van der Waals surface area contributed by atoms with E-state index in [0.717, 1.165) is 5.56 Å². The molecule has 0 unspecified atom stereocenters. The smallest absolute Gasteiger partial charge is 0.310 e. The number of esters is 2. The number of carbonyl (C=O) groups is 3. The monoisotopic (exact) mass is 406 g/mol. The minimum absolute atomic E-state index is 0.0267. The minimum atomic E-state index is -0.616. The molecule has 1 aromatic rings. The van der Waals surface area contributed by atoms with Crippen LogP contribution in [0.2, 0.25) is 0 Å². The van der Waals surface area contributed by atoms with Crippen molar-refractivity contribution in [2.75, 3.05) is 7.11 Å². The zero-order chi connectivity index (χ0) is 20.3. The Bertz CT molecular complexity index is 804. The number of Topliss-reactive ketones (excluding diaryl/α,β-unsaturated/α-hetero) is 1. The molecule has 4 rings (SSSR count). The second kappa shape index (κ2) is 6.65. The summed E-state index contributed by atoms with van der Waals surface area (Å²) in [5, 5.41) is -0.539. The van der Waals surface area contributed by atoms with Crippen LogP contribution >= 0.6 is 12.6 Å². The third-order valence-corrected chi connectivity index (χ3v) is 7.99. The number of cyclic esters (lactones) is 1. The Hall–Kier alpha value is -1.76. The Kier molecular flexibility index (Phi) is 4.64. The van der Waals surface area contributed by atoms with Crippen molar-refractivity contribution in [1.29, 1.82) is 0 Å². The first-order valence-electron chi connectivity index (χ1n) is 9.74. The quantitative estimate of drug-likeness (QED) is 0.599. The summed E-state index contributed by atoms with van der Waals surface area (Å²) in [6.45, 7) is 4.01. The molecular weight excluding hydrogens is 380 g/mol. The molecule has 3 fully saturated rings. The maximum atomic E-state index is 13.4. The van der Waals surface area contributed by atoms with Crippen LogP contribution in [-0.2, 0) is 23.9 Å². The predicted octanol–water partition coefficient (Wildman–Crippen LogP) is 3.37. The lowest BCUT2D eigenvalue weighted by atomic mass is 9.43. The van der Waals surface area contributed by atoms with Gasteiger partial charge >= 0.3 is 11.9 Å². The van der Waals surface area contributed by atoms with Gasteiger partial charge in [0.25, 0.3) is 0 Å². The zero-order valence-electron chi connectivity index (χ0n) is 16.3. The van der Waals surface area contributed by atoms with Crippen LogP contribution in [0.15, 0.2) is 23.0 Å². The van der Waals surface area contributed by atoms with Crippen molar-refractivity contribution in [2.45, 2.75) is 50.9 Å². The summed E-state index contributed by atoms with van der Waals surface area (Å²) >= 11 is 4.51. The van der Waals surface area contributed by atoms with Gasteiger partial charge in [-0.2, -0.15) is 12.6 Å². The Morgan fingerprint density at radius 1 is 1.29 bits per heavy atom. The molecule has 6 nitrogen and oxygen atoms in total. The lowest BCUT2D eigenvalue weighted by Crippen LogP contribution is -2.63. The number of thiol groups is 1. The van der Waals surface area contributed by atoms with E-state index in [1.807, 2.05) is 13.8 Å². The van der Waals surface area contributed by atoms with E-state index in [-0.39, 0.29) is 23.6 Å². The normalized spacial score (nSPS) is 42.9. The number of ether oxygens (including phenoxy) is 2. The van der Waals surface area contributed by atoms with Gasteiger partial charge in [-0.1, -0.05) is 13.8 Å². The number of rotatable bonds is 2. The molecule has 0 bridgehead atoms. The van der Waals surface area contributed by atoms with E-state index in [4.69, 9.17) is 13.9 Å². The van der Waals surface area contributed by atoms with Gasteiger partial charge in [0.1, 0.15) is 11.9 Å². The standard InChI is InChI=1S/C21H26O6S/c1-20-6-4-12-19(24)27-14(11-5-7-26-10-11)9-21(12,2)17(20)16(22)15(28)8-13(20)18(23)25-3/h5,7,10,12-15,17,28H,4,6,8-9H2,1-3H3/t12-,13-,14+,15-,17-,20-,21-/m0/s1. The molecule has 0 spiro atoms. The minimum Gasteiger partial charge on any atom is -0.472 e. The van der Waals surface area contributed by atoms with Crippen molar-refractivity contribution in [2.24, 2.45) is 28.6 Å². The summed E-state index contributed by atoms with van der Waals surface area (Å²) in [4.78, 5) is 38.9. The molecule has 0 aromatic carbocycles. The van der Waals surface area contributed by atoms with Crippen LogP contribution < -0.4 is 0 Å². The molecular formula is C21H26O6S. The molecule has 7 atom stereocenters. The summed E-state index contributed by atoms with van der Waals surface area (Å²) in [6, 6.07) is 1.78. The van der Waals surface area contributed by atoms with Crippen molar-refractivity contribution in [3.8, 4) is 0 Å². The first-order chi connectivity index (χ1) is 13.2. The zero-order valence-corrected chi connectivity index (χ0v) is 17.2. The van der Waals surface area contributed by atoms with Gasteiger partial charge in [0, 0.05) is 11.5 Å². The summed E-state index contributed by atoms with van der Waals surface area (Å²) < 4.78 is 16.0. The van der Waals surface area contributed by atoms with Crippen LogP contribution in [0.1, 0.15) is 51.2 Å². The van der Waals surface area contributed by atoms with Gasteiger partial charge in [0.15, 0.2) is 0 Å². The van der Waals surface area contributed by atoms with Crippen LogP contribution in [0.25, 0.3) is 0 Å². The van der Waals surface area contributed by atoms with Gasteiger partial charge in [0.05, 0.1) is 36.7 Å². The molecule has 2 aliphatic carbocycles. The second-order valence-corrected chi connectivity index (χ2v) is 9.58. The number of hydrogen-bond acceptors (Lipinski definition) is 7. The predicted molar refractivity (Wildman–Crippen MR) is 102 cm³/mol. The van der Waals surface area contributed by atoms with E-state index in [1.54, 1.807) is 18.6 Å². The third kappa shape index (κ3) is 2.65. The van der Waals surface area contributed by atoms with E-state index in [2.05, 4.69) is 12.6 Å². The molecule has 0 N–H and O–H groups in total. The second-order valence-electron chi connectivity index (χ2n) is 8.95. The van der Waals surface area contributed by atoms with Crippen LogP contribution in [-0.4, -0.2) is 30.1 Å². The van der Waals surface area contributed by atoms with Crippen LogP contribution in [0.3, 0.4) is 0 Å². The van der Waals surface area contributed by atoms with Crippen LogP contribution in [0.5, 0.6) is 0 Å². The molecule has 0 amide bonds. The van der Waals surface area contributed by atoms with E-state index < -0.39 is 34.0 Å². The average molecular weight is 407 g/mol. The van der Waals surface area contributed by atoms with E-state index in [1.165, 1.54) is 7.11 Å². The summed E-state index contributed by atoms with van der Waals surface area (Å²) in [5.74, 6) is -1.78. The SMILES string of the molecule is COC(=O)[C@@H]1C[C@H](S)C(=O)[C@H]2[C@@]1(C)CC[C@H]1C(=O)O[C@@H](c3ccoc3)C[C@]21C. The highest BCUT2D eigenvalue weighted by Gasteiger charge is 2.66. The highest BCUT2D eigenvalue weighted by molar-refractivity contribution is 7.81. The molecule has 152 valence electrons. The van der Waals surface area contributed by atoms with Gasteiger partial charge in [-0.3, -0.25) is 14.4 Å². The Morgan fingerprint density at radius 3 is 2.68 bits per heavy atom. The number of methoxy groups -OCH3 is 1. The number of ketones is 1. The van der Waals surface area contributed by atoms with Gasteiger partial charge in [0.2, 0.25) is 0 Å². The highest BCUT2D eigenvalue weighted by atomic mass is 32.1. The fourth-order valence-electron chi connectivity index (χ4n) is 6.17. The Labute approximate surface area is 169 Å². The maximum Gasteiger partial charge on any atom is 0.310 e. The molecule has 1 aromatic heterocycles. The third-order valence-electron chi connectivity index (χ3n) is 7.52. The first kappa shape index (κ1) is 19.6. The Balaban J connectivity index is 1.79. The molecule has 1 aliphatic heterocycles. The van der Waals surface area contributed by atoms with Crippen molar-refractivity contribution in [3.05, 3.63) is 24.2 Å². The molecule has 0 radical (unpaired) electrons. The topological polar surface area (TPSA) is 82.8 Å². The van der Waals surface area contributed by atoms with E-state index in [0.29, 0.717) is 25.7 Å². The Morgan fingerprint density at radius 2 is 2.04 bits per heavy atom.